The first-order valence-corrected chi connectivity index (χ1v) is 10.5. The van der Waals surface area contributed by atoms with Gasteiger partial charge >= 0.3 is 0 Å². The van der Waals surface area contributed by atoms with Crippen LogP contribution in [0.4, 0.5) is 0 Å². The summed E-state index contributed by atoms with van der Waals surface area (Å²) in [6.07, 6.45) is 0. The van der Waals surface area contributed by atoms with Crippen molar-refractivity contribution in [2.45, 2.75) is 26.9 Å². The molecule has 0 saturated carbocycles. The molecule has 1 fully saturated rings. The average molecular weight is 439 g/mol. The molecular formula is C18H27BrN6S. The largest absolute Gasteiger partial charge is 0.352 e. The lowest BCUT2D eigenvalue weighted by atomic mass is 10.2. The average Bonchev–Trinajstić information content (AvgIpc) is 3.13. The molecule has 1 saturated heterocycles. The van der Waals surface area contributed by atoms with Crippen molar-refractivity contribution in [3.63, 3.8) is 0 Å². The van der Waals surface area contributed by atoms with Gasteiger partial charge in [-0.05, 0) is 41.9 Å². The maximum absolute atomic E-state index is 4.49. The van der Waals surface area contributed by atoms with Gasteiger partial charge in [-0.2, -0.15) is 5.10 Å². The highest BCUT2D eigenvalue weighted by molar-refractivity contribution is 9.11. The fraction of sp³-hybridized carbons (Fsp3) is 0.556. The van der Waals surface area contributed by atoms with E-state index in [1.165, 1.54) is 19.9 Å². The van der Waals surface area contributed by atoms with Crippen molar-refractivity contribution in [3.05, 3.63) is 37.7 Å². The zero-order valence-electron chi connectivity index (χ0n) is 15.9. The van der Waals surface area contributed by atoms with Gasteiger partial charge in [0.15, 0.2) is 5.96 Å². The molecule has 0 radical (unpaired) electrons. The number of rotatable bonds is 4. The Balaban J connectivity index is 1.52. The molecule has 0 atom stereocenters. The monoisotopic (exact) mass is 438 g/mol. The molecule has 1 aliphatic heterocycles. The Hall–Kier alpha value is -1.38. The van der Waals surface area contributed by atoms with E-state index >= 15 is 0 Å². The Labute approximate surface area is 168 Å². The van der Waals surface area contributed by atoms with Crippen LogP contribution in [-0.2, 0) is 20.1 Å². The van der Waals surface area contributed by atoms with Crippen LogP contribution >= 0.6 is 27.3 Å². The lowest BCUT2D eigenvalue weighted by Crippen LogP contribution is -2.52. The lowest BCUT2D eigenvalue weighted by Gasteiger charge is -2.36. The van der Waals surface area contributed by atoms with E-state index in [1.807, 2.05) is 30.1 Å². The Morgan fingerprint density at radius 2 is 2.00 bits per heavy atom. The molecule has 1 aliphatic rings. The number of nitrogens with one attached hydrogen (secondary N) is 1. The summed E-state index contributed by atoms with van der Waals surface area (Å²) in [7, 11) is 3.85. The molecule has 0 amide bonds. The summed E-state index contributed by atoms with van der Waals surface area (Å²) in [5.41, 5.74) is 3.55. The van der Waals surface area contributed by atoms with E-state index in [2.05, 4.69) is 67.1 Å². The summed E-state index contributed by atoms with van der Waals surface area (Å²) in [6.45, 7) is 10.1. The first kappa shape index (κ1) is 19.4. The number of aliphatic imine (C=N–C) groups is 1. The van der Waals surface area contributed by atoms with Crippen LogP contribution in [0.15, 0.2) is 20.9 Å². The van der Waals surface area contributed by atoms with E-state index in [1.54, 1.807) is 0 Å². The summed E-state index contributed by atoms with van der Waals surface area (Å²) in [5.74, 6) is 0.978. The fourth-order valence-corrected chi connectivity index (χ4v) is 4.87. The summed E-state index contributed by atoms with van der Waals surface area (Å²) in [5, 5.41) is 8.01. The molecule has 26 heavy (non-hydrogen) atoms. The van der Waals surface area contributed by atoms with Gasteiger partial charge in [0.2, 0.25) is 0 Å². The third kappa shape index (κ3) is 4.47. The molecule has 0 unspecified atom stereocenters. The molecule has 3 rings (SSSR count). The van der Waals surface area contributed by atoms with Gasteiger partial charge in [-0.1, -0.05) is 0 Å². The Kier molecular flexibility index (Phi) is 6.37. The quantitative estimate of drug-likeness (QED) is 0.588. The number of hydrogen-bond donors (Lipinski definition) is 1. The minimum absolute atomic E-state index is 0.765. The predicted octanol–water partition coefficient (Wildman–Crippen LogP) is 2.75. The van der Waals surface area contributed by atoms with Gasteiger partial charge in [-0.3, -0.25) is 14.6 Å². The van der Waals surface area contributed by atoms with Crippen LogP contribution in [0.2, 0.25) is 0 Å². The molecule has 2 aromatic heterocycles. The lowest BCUT2D eigenvalue weighted by molar-refractivity contribution is 0.173. The van der Waals surface area contributed by atoms with Crippen molar-refractivity contribution < 1.29 is 0 Å². The normalized spacial score (nSPS) is 16.3. The van der Waals surface area contributed by atoms with Crippen molar-refractivity contribution >= 4 is 33.2 Å². The van der Waals surface area contributed by atoms with Gasteiger partial charge in [-0.15, -0.1) is 11.3 Å². The number of aromatic nitrogens is 2. The number of piperazine rings is 1. The third-order valence-electron chi connectivity index (χ3n) is 4.97. The molecule has 1 N–H and O–H groups in total. The van der Waals surface area contributed by atoms with E-state index < -0.39 is 0 Å². The summed E-state index contributed by atoms with van der Waals surface area (Å²) in [4.78, 5) is 10.8. The van der Waals surface area contributed by atoms with Crippen molar-refractivity contribution in [2.24, 2.45) is 12.0 Å². The predicted molar refractivity (Wildman–Crippen MR) is 112 cm³/mol. The minimum atomic E-state index is 0.765. The van der Waals surface area contributed by atoms with E-state index in [0.29, 0.717) is 0 Å². The highest BCUT2D eigenvalue weighted by Crippen LogP contribution is 2.23. The second-order valence-corrected chi connectivity index (χ2v) is 9.19. The topological polar surface area (TPSA) is 48.7 Å². The summed E-state index contributed by atoms with van der Waals surface area (Å²) >= 11 is 5.37. The molecule has 142 valence electrons. The molecule has 0 bridgehead atoms. The number of aryl methyl sites for hydroxylation is 2. The van der Waals surface area contributed by atoms with Crippen LogP contribution in [0.1, 0.15) is 21.8 Å². The van der Waals surface area contributed by atoms with Crippen LogP contribution in [0, 0.1) is 13.8 Å². The zero-order valence-corrected chi connectivity index (χ0v) is 18.3. The maximum Gasteiger partial charge on any atom is 0.194 e. The highest BCUT2D eigenvalue weighted by atomic mass is 79.9. The second-order valence-electron chi connectivity index (χ2n) is 6.64. The number of nitrogens with zero attached hydrogens (tertiary/aromatic N) is 5. The number of guanidine groups is 1. The van der Waals surface area contributed by atoms with Gasteiger partial charge in [0.1, 0.15) is 0 Å². The van der Waals surface area contributed by atoms with Gasteiger partial charge in [0.25, 0.3) is 0 Å². The second kappa shape index (κ2) is 8.54. The van der Waals surface area contributed by atoms with Gasteiger partial charge < -0.3 is 10.2 Å². The van der Waals surface area contributed by atoms with E-state index in [-0.39, 0.29) is 0 Å². The van der Waals surface area contributed by atoms with Crippen LogP contribution in [0.3, 0.4) is 0 Å². The van der Waals surface area contributed by atoms with Crippen molar-refractivity contribution in [3.8, 4) is 0 Å². The summed E-state index contributed by atoms with van der Waals surface area (Å²) in [6, 6.07) is 4.34. The van der Waals surface area contributed by atoms with Gasteiger partial charge in [-0.25, -0.2) is 0 Å². The zero-order chi connectivity index (χ0) is 18.7. The van der Waals surface area contributed by atoms with Crippen LogP contribution < -0.4 is 5.32 Å². The standard InChI is InChI=1S/C18H27BrN6S/c1-13-16(14(2)23(4)22-13)11-21-18(20-3)25-9-7-24(8-10-25)12-15-5-6-17(19)26-15/h5-6H,7-12H2,1-4H3,(H,20,21). The molecular weight excluding hydrogens is 412 g/mol. The van der Waals surface area contributed by atoms with Crippen molar-refractivity contribution in [1.82, 2.24) is 24.9 Å². The number of halogens is 1. The molecule has 3 heterocycles. The van der Waals surface area contributed by atoms with Gasteiger partial charge in [0.05, 0.1) is 9.48 Å². The molecule has 2 aromatic rings. The van der Waals surface area contributed by atoms with Gasteiger partial charge in [0, 0.05) is 69.5 Å². The first-order valence-electron chi connectivity index (χ1n) is 8.89. The first-order chi connectivity index (χ1) is 12.5. The number of thiophene rings is 1. The minimum Gasteiger partial charge on any atom is -0.352 e. The van der Waals surface area contributed by atoms with Crippen LogP contribution in [0.25, 0.3) is 0 Å². The molecule has 0 aliphatic carbocycles. The Bertz CT molecular complexity index is 773. The summed E-state index contributed by atoms with van der Waals surface area (Å²) < 4.78 is 3.15. The highest BCUT2D eigenvalue weighted by Gasteiger charge is 2.20. The van der Waals surface area contributed by atoms with E-state index in [0.717, 1.165) is 50.9 Å². The molecule has 0 aromatic carbocycles. The smallest absolute Gasteiger partial charge is 0.194 e. The SMILES string of the molecule is CN=C(NCc1c(C)nn(C)c1C)N1CCN(Cc2ccc(Br)s2)CC1. The Morgan fingerprint density at radius 3 is 2.54 bits per heavy atom. The fourth-order valence-electron chi connectivity index (χ4n) is 3.35. The molecule has 8 heteroatoms. The number of hydrogen-bond acceptors (Lipinski definition) is 4. The Morgan fingerprint density at radius 1 is 1.27 bits per heavy atom. The van der Waals surface area contributed by atoms with Crippen molar-refractivity contribution in [1.29, 1.82) is 0 Å². The van der Waals surface area contributed by atoms with Crippen molar-refractivity contribution in [2.75, 3.05) is 33.2 Å². The van der Waals surface area contributed by atoms with E-state index in [9.17, 15) is 0 Å². The molecule has 0 spiro atoms. The maximum atomic E-state index is 4.49. The third-order valence-corrected chi connectivity index (χ3v) is 6.58. The van der Waals surface area contributed by atoms with Crippen LogP contribution in [-0.4, -0.2) is 58.8 Å². The van der Waals surface area contributed by atoms with Crippen LogP contribution in [0.5, 0.6) is 0 Å². The van der Waals surface area contributed by atoms with E-state index in [4.69, 9.17) is 0 Å². The molecule has 6 nitrogen and oxygen atoms in total.